The number of ether oxygens (including phenoxy) is 1. The molecule has 0 N–H and O–H groups in total. The van der Waals surface area contributed by atoms with Gasteiger partial charge in [-0.1, -0.05) is 37.6 Å². The number of anilines is 1. The van der Waals surface area contributed by atoms with Crippen molar-refractivity contribution in [1.29, 1.82) is 0 Å². The summed E-state index contributed by atoms with van der Waals surface area (Å²) in [5.41, 5.74) is 0.871. The van der Waals surface area contributed by atoms with Gasteiger partial charge in [-0.15, -0.1) is 5.10 Å². The fraction of sp³-hybridized carbons (Fsp3) is 0.391. The number of aromatic nitrogens is 3. The average molecular weight is 467 g/mol. The van der Waals surface area contributed by atoms with Crippen molar-refractivity contribution in [2.75, 3.05) is 18.6 Å². The van der Waals surface area contributed by atoms with E-state index in [-0.39, 0.29) is 6.04 Å². The van der Waals surface area contributed by atoms with Crippen LogP contribution in [0.25, 0.3) is 11.4 Å². The highest BCUT2D eigenvalue weighted by Gasteiger charge is 2.31. The lowest BCUT2D eigenvalue weighted by Gasteiger charge is -2.30. The molecule has 1 aromatic heterocycles. The number of aryl methyl sites for hydroxylation is 1. The van der Waals surface area contributed by atoms with E-state index in [4.69, 9.17) is 21.3 Å². The Morgan fingerprint density at radius 1 is 1.12 bits per heavy atom. The van der Waals surface area contributed by atoms with Crippen LogP contribution in [0.5, 0.6) is 5.75 Å². The third-order valence-corrected chi connectivity index (χ3v) is 5.50. The molecule has 9 heteroatoms. The lowest BCUT2D eigenvalue weighted by atomic mass is 10.0. The molecule has 0 bridgehead atoms. The second-order valence-corrected chi connectivity index (χ2v) is 7.88. The van der Waals surface area contributed by atoms with Crippen molar-refractivity contribution in [3.05, 3.63) is 58.6 Å². The molecule has 1 heterocycles. The molecule has 5 nitrogen and oxygen atoms in total. The lowest BCUT2D eigenvalue weighted by Crippen LogP contribution is -2.30. The third kappa shape index (κ3) is 5.01. The van der Waals surface area contributed by atoms with Crippen LogP contribution in [-0.2, 0) is 13.2 Å². The molecule has 0 saturated heterocycles. The first-order valence-electron chi connectivity index (χ1n) is 10.4. The summed E-state index contributed by atoms with van der Waals surface area (Å²) in [6.45, 7) is 4.69. The standard InChI is InChI=1S/C23H26ClF3N4O/c1-5-13-31(19(6-2)15-7-9-16(10-8-15)23(25,26)27)22-28-21(30(3)29-22)18-12-11-17(24)14-20(18)32-4/h7-12,14,19H,5-6,13H2,1-4H3/t19-/m0/s1. The molecule has 0 fully saturated rings. The highest BCUT2D eigenvalue weighted by atomic mass is 35.5. The number of halogens is 4. The molecule has 0 spiro atoms. The normalized spacial score (nSPS) is 12.6. The second kappa shape index (κ2) is 9.81. The van der Waals surface area contributed by atoms with E-state index < -0.39 is 11.7 Å². The second-order valence-electron chi connectivity index (χ2n) is 7.44. The van der Waals surface area contributed by atoms with Gasteiger partial charge in [0.15, 0.2) is 5.82 Å². The summed E-state index contributed by atoms with van der Waals surface area (Å²) in [5, 5.41) is 5.17. The molecule has 0 saturated carbocycles. The topological polar surface area (TPSA) is 43.2 Å². The van der Waals surface area contributed by atoms with Crippen LogP contribution in [0.4, 0.5) is 19.1 Å². The van der Waals surface area contributed by atoms with Crippen LogP contribution in [-0.4, -0.2) is 28.4 Å². The van der Waals surface area contributed by atoms with Crippen molar-refractivity contribution in [1.82, 2.24) is 14.8 Å². The number of hydrogen-bond acceptors (Lipinski definition) is 4. The zero-order valence-corrected chi connectivity index (χ0v) is 19.2. The zero-order chi connectivity index (χ0) is 23.5. The average Bonchev–Trinajstić information content (AvgIpc) is 3.14. The summed E-state index contributed by atoms with van der Waals surface area (Å²) < 4.78 is 46.1. The Balaban J connectivity index is 2.00. The van der Waals surface area contributed by atoms with Gasteiger partial charge in [-0.05, 0) is 48.7 Å². The van der Waals surface area contributed by atoms with Gasteiger partial charge in [0, 0.05) is 18.6 Å². The summed E-state index contributed by atoms with van der Waals surface area (Å²) in [4.78, 5) is 6.80. The molecule has 32 heavy (non-hydrogen) atoms. The number of methoxy groups -OCH3 is 1. The van der Waals surface area contributed by atoms with Crippen LogP contribution in [0.15, 0.2) is 42.5 Å². The molecule has 0 amide bonds. The molecule has 3 rings (SSSR count). The first-order chi connectivity index (χ1) is 15.2. The van der Waals surface area contributed by atoms with Gasteiger partial charge in [-0.25, -0.2) is 4.68 Å². The van der Waals surface area contributed by atoms with Crippen LogP contribution in [0.1, 0.15) is 43.9 Å². The smallest absolute Gasteiger partial charge is 0.416 e. The summed E-state index contributed by atoms with van der Waals surface area (Å²) in [6.07, 6.45) is -2.85. The van der Waals surface area contributed by atoms with Crippen LogP contribution < -0.4 is 9.64 Å². The first-order valence-corrected chi connectivity index (χ1v) is 10.8. The fourth-order valence-electron chi connectivity index (χ4n) is 3.74. The Kier molecular flexibility index (Phi) is 7.33. The van der Waals surface area contributed by atoms with E-state index in [0.29, 0.717) is 35.5 Å². The van der Waals surface area contributed by atoms with Gasteiger partial charge in [0.05, 0.1) is 24.3 Å². The quantitative estimate of drug-likeness (QED) is 0.378. The van der Waals surface area contributed by atoms with Gasteiger partial charge in [0.2, 0.25) is 5.95 Å². The molecule has 0 aliphatic rings. The van der Waals surface area contributed by atoms with Crippen molar-refractivity contribution < 1.29 is 17.9 Å². The predicted octanol–water partition coefficient (Wildman–Crippen LogP) is 6.53. The number of rotatable bonds is 8. The van der Waals surface area contributed by atoms with Crippen LogP contribution in [0, 0.1) is 0 Å². The molecule has 0 unspecified atom stereocenters. The minimum Gasteiger partial charge on any atom is -0.496 e. The van der Waals surface area contributed by atoms with Crippen LogP contribution >= 0.6 is 11.6 Å². The van der Waals surface area contributed by atoms with Crippen molar-refractivity contribution in [3.8, 4) is 17.1 Å². The number of alkyl halides is 3. The Hall–Kier alpha value is -2.74. The lowest BCUT2D eigenvalue weighted by molar-refractivity contribution is -0.137. The monoisotopic (exact) mass is 466 g/mol. The van der Waals surface area contributed by atoms with Crippen LogP contribution in [0.2, 0.25) is 5.02 Å². The van der Waals surface area contributed by atoms with E-state index in [9.17, 15) is 13.2 Å². The van der Waals surface area contributed by atoms with Crippen LogP contribution in [0.3, 0.4) is 0 Å². The molecule has 1 atom stereocenters. The van der Waals surface area contributed by atoms with Crippen molar-refractivity contribution >= 4 is 17.5 Å². The molecule has 172 valence electrons. The van der Waals surface area contributed by atoms with Gasteiger partial charge >= 0.3 is 6.18 Å². The largest absolute Gasteiger partial charge is 0.496 e. The Morgan fingerprint density at radius 3 is 2.38 bits per heavy atom. The van der Waals surface area contributed by atoms with Crippen molar-refractivity contribution in [2.45, 2.75) is 38.9 Å². The first kappa shape index (κ1) is 23.9. The van der Waals surface area contributed by atoms with Gasteiger partial charge in [0.1, 0.15) is 5.75 Å². The molecular formula is C23H26ClF3N4O. The van der Waals surface area contributed by atoms with Gasteiger partial charge in [-0.2, -0.15) is 18.2 Å². The summed E-state index contributed by atoms with van der Waals surface area (Å²) in [5.74, 6) is 1.70. The van der Waals surface area contributed by atoms with Crippen molar-refractivity contribution in [3.63, 3.8) is 0 Å². The minimum atomic E-state index is -4.36. The van der Waals surface area contributed by atoms with Gasteiger partial charge in [-0.3, -0.25) is 0 Å². The predicted molar refractivity (Wildman–Crippen MR) is 120 cm³/mol. The van der Waals surface area contributed by atoms with E-state index in [1.165, 1.54) is 12.1 Å². The molecule has 0 aliphatic heterocycles. The van der Waals surface area contributed by atoms with E-state index in [2.05, 4.69) is 5.10 Å². The highest BCUT2D eigenvalue weighted by Crippen LogP contribution is 2.35. The number of nitrogens with zero attached hydrogens (tertiary/aromatic N) is 4. The van der Waals surface area contributed by atoms with E-state index >= 15 is 0 Å². The maximum absolute atomic E-state index is 13.0. The summed E-state index contributed by atoms with van der Waals surface area (Å²) >= 11 is 6.09. The van der Waals surface area contributed by atoms with E-state index in [0.717, 1.165) is 29.7 Å². The fourth-order valence-corrected chi connectivity index (χ4v) is 3.91. The Bertz CT molecular complexity index is 1050. The Morgan fingerprint density at radius 2 is 1.81 bits per heavy atom. The molecule has 3 aromatic rings. The summed E-state index contributed by atoms with van der Waals surface area (Å²) in [6, 6.07) is 10.4. The molecule has 2 aromatic carbocycles. The minimum absolute atomic E-state index is 0.167. The third-order valence-electron chi connectivity index (χ3n) is 5.26. The molecular weight excluding hydrogens is 441 g/mol. The maximum atomic E-state index is 13.0. The highest BCUT2D eigenvalue weighted by molar-refractivity contribution is 6.30. The SMILES string of the molecule is CCCN(c1nc(-c2ccc(Cl)cc2OC)n(C)n1)[C@@H](CC)c1ccc(C(F)(F)F)cc1. The number of benzene rings is 2. The maximum Gasteiger partial charge on any atom is 0.416 e. The molecule has 0 aliphatic carbocycles. The van der Waals surface area contributed by atoms with Crippen molar-refractivity contribution in [2.24, 2.45) is 7.05 Å². The zero-order valence-electron chi connectivity index (χ0n) is 18.4. The molecule has 0 radical (unpaired) electrons. The Labute approximate surface area is 190 Å². The van der Waals surface area contributed by atoms with E-state index in [1.807, 2.05) is 24.8 Å². The van der Waals surface area contributed by atoms with Gasteiger partial charge in [0.25, 0.3) is 0 Å². The summed E-state index contributed by atoms with van der Waals surface area (Å²) in [7, 11) is 3.36. The van der Waals surface area contributed by atoms with E-state index in [1.54, 1.807) is 31.0 Å². The number of hydrogen-bond donors (Lipinski definition) is 0. The van der Waals surface area contributed by atoms with Gasteiger partial charge < -0.3 is 9.64 Å².